The summed E-state index contributed by atoms with van der Waals surface area (Å²) >= 11 is 0. The van der Waals surface area contributed by atoms with Crippen molar-refractivity contribution in [2.45, 2.75) is 47.1 Å². The van der Waals surface area contributed by atoms with E-state index in [1.165, 1.54) is 0 Å². The SMILES string of the molecule is CCC(C)Nc1cc(C)nc(Oc2c(C)cc(OC)cc2C)c1C(=O)O. The Kier molecular flexibility index (Phi) is 6.08. The van der Waals surface area contributed by atoms with E-state index in [0.29, 0.717) is 17.1 Å². The lowest BCUT2D eigenvalue weighted by molar-refractivity contribution is 0.0694. The average molecular weight is 358 g/mol. The second kappa shape index (κ2) is 8.08. The molecule has 1 aromatic heterocycles. The van der Waals surface area contributed by atoms with E-state index in [-0.39, 0.29) is 17.5 Å². The van der Waals surface area contributed by atoms with Gasteiger partial charge in [-0.1, -0.05) is 6.92 Å². The molecule has 0 aliphatic carbocycles. The third-order valence-corrected chi connectivity index (χ3v) is 4.21. The fourth-order valence-electron chi connectivity index (χ4n) is 2.69. The van der Waals surface area contributed by atoms with E-state index in [1.54, 1.807) is 13.2 Å². The molecule has 0 bridgehead atoms. The van der Waals surface area contributed by atoms with Crippen LogP contribution in [0.3, 0.4) is 0 Å². The van der Waals surface area contributed by atoms with Gasteiger partial charge in [-0.2, -0.15) is 0 Å². The third-order valence-electron chi connectivity index (χ3n) is 4.21. The summed E-state index contributed by atoms with van der Waals surface area (Å²) in [5, 5.41) is 13.0. The number of benzene rings is 1. The van der Waals surface area contributed by atoms with E-state index < -0.39 is 5.97 Å². The lowest BCUT2D eigenvalue weighted by Crippen LogP contribution is -2.17. The average Bonchev–Trinajstić information content (AvgIpc) is 2.56. The molecule has 0 spiro atoms. The maximum atomic E-state index is 11.9. The Bertz CT molecular complexity index is 795. The zero-order chi connectivity index (χ0) is 19.4. The number of hydrogen-bond acceptors (Lipinski definition) is 5. The van der Waals surface area contributed by atoms with Gasteiger partial charge in [-0.25, -0.2) is 9.78 Å². The van der Waals surface area contributed by atoms with Crippen LogP contribution in [-0.2, 0) is 0 Å². The van der Waals surface area contributed by atoms with Crippen molar-refractivity contribution in [1.29, 1.82) is 0 Å². The summed E-state index contributed by atoms with van der Waals surface area (Å²) < 4.78 is 11.2. The molecule has 0 aliphatic heterocycles. The Hall–Kier alpha value is -2.76. The molecule has 1 aromatic carbocycles. The van der Waals surface area contributed by atoms with Crippen molar-refractivity contribution in [3.05, 3.63) is 40.6 Å². The molecular formula is C20H26N2O4. The first-order valence-electron chi connectivity index (χ1n) is 8.61. The van der Waals surface area contributed by atoms with E-state index in [4.69, 9.17) is 9.47 Å². The highest BCUT2D eigenvalue weighted by atomic mass is 16.5. The number of aryl methyl sites for hydroxylation is 3. The number of hydrogen-bond donors (Lipinski definition) is 2. The minimum atomic E-state index is -1.08. The monoisotopic (exact) mass is 358 g/mol. The topological polar surface area (TPSA) is 80.7 Å². The maximum Gasteiger partial charge on any atom is 0.343 e. The van der Waals surface area contributed by atoms with Crippen molar-refractivity contribution in [3.63, 3.8) is 0 Å². The van der Waals surface area contributed by atoms with E-state index in [9.17, 15) is 9.90 Å². The van der Waals surface area contributed by atoms with Gasteiger partial charge in [-0.3, -0.25) is 0 Å². The molecular weight excluding hydrogens is 332 g/mol. The summed E-state index contributed by atoms with van der Waals surface area (Å²) in [4.78, 5) is 16.2. The van der Waals surface area contributed by atoms with Gasteiger partial charge in [0.1, 0.15) is 17.1 Å². The number of methoxy groups -OCH3 is 1. The number of nitrogens with one attached hydrogen (secondary N) is 1. The number of carbonyl (C=O) groups is 1. The smallest absolute Gasteiger partial charge is 0.343 e. The zero-order valence-electron chi connectivity index (χ0n) is 16.1. The minimum Gasteiger partial charge on any atom is -0.497 e. The molecule has 2 rings (SSSR count). The number of carboxylic acid groups (broad SMARTS) is 1. The molecule has 1 unspecified atom stereocenters. The van der Waals surface area contributed by atoms with Crippen LogP contribution in [0, 0.1) is 20.8 Å². The van der Waals surface area contributed by atoms with E-state index in [1.807, 2.05) is 46.8 Å². The molecule has 0 fully saturated rings. The van der Waals surface area contributed by atoms with Crippen molar-refractivity contribution < 1.29 is 19.4 Å². The number of ether oxygens (including phenoxy) is 2. The molecule has 0 amide bonds. The predicted molar refractivity (Wildman–Crippen MR) is 102 cm³/mol. The highest BCUT2D eigenvalue weighted by Gasteiger charge is 2.22. The highest BCUT2D eigenvalue weighted by Crippen LogP contribution is 2.35. The van der Waals surface area contributed by atoms with Crippen LogP contribution < -0.4 is 14.8 Å². The van der Waals surface area contributed by atoms with Crippen molar-refractivity contribution >= 4 is 11.7 Å². The Labute approximate surface area is 154 Å². The Morgan fingerprint density at radius 2 is 1.85 bits per heavy atom. The van der Waals surface area contributed by atoms with Crippen LogP contribution in [0.15, 0.2) is 18.2 Å². The van der Waals surface area contributed by atoms with E-state index >= 15 is 0 Å². The van der Waals surface area contributed by atoms with Crippen LogP contribution in [0.25, 0.3) is 0 Å². The van der Waals surface area contributed by atoms with Crippen LogP contribution in [0.5, 0.6) is 17.4 Å². The molecule has 1 atom stereocenters. The van der Waals surface area contributed by atoms with Gasteiger partial charge in [0.15, 0.2) is 0 Å². The molecule has 6 heteroatoms. The van der Waals surface area contributed by atoms with Crippen LogP contribution in [0.1, 0.15) is 47.4 Å². The lowest BCUT2D eigenvalue weighted by atomic mass is 10.1. The maximum absolute atomic E-state index is 11.9. The molecule has 0 aliphatic rings. The summed E-state index contributed by atoms with van der Waals surface area (Å²) in [6, 6.07) is 5.55. The lowest BCUT2D eigenvalue weighted by Gasteiger charge is -2.19. The van der Waals surface area contributed by atoms with Gasteiger partial charge in [0, 0.05) is 11.7 Å². The van der Waals surface area contributed by atoms with E-state index in [0.717, 1.165) is 23.3 Å². The zero-order valence-corrected chi connectivity index (χ0v) is 16.1. The first-order chi connectivity index (χ1) is 12.3. The van der Waals surface area contributed by atoms with Crippen molar-refractivity contribution in [2.75, 3.05) is 12.4 Å². The number of aromatic nitrogens is 1. The second-order valence-corrected chi connectivity index (χ2v) is 6.44. The third kappa shape index (κ3) is 4.25. The van der Waals surface area contributed by atoms with Crippen molar-refractivity contribution in [3.8, 4) is 17.4 Å². The first kappa shape index (κ1) is 19.6. The normalized spacial score (nSPS) is 11.8. The number of aromatic carboxylic acids is 1. The van der Waals surface area contributed by atoms with Gasteiger partial charge in [-0.15, -0.1) is 0 Å². The number of carboxylic acids is 1. The largest absolute Gasteiger partial charge is 0.497 e. The van der Waals surface area contributed by atoms with Gasteiger partial charge >= 0.3 is 5.97 Å². The van der Waals surface area contributed by atoms with Gasteiger partial charge in [0.2, 0.25) is 5.88 Å². The quantitative estimate of drug-likeness (QED) is 0.746. The second-order valence-electron chi connectivity index (χ2n) is 6.44. The predicted octanol–water partition coefficient (Wildman–Crippen LogP) is 4.72. The summed E-state index contributed by atoms with van der Waals surface area (Å²) in [6.07, 6.45) is 0.868. The summed E-state index contributed by atoms with van der Waals surface area (Å²) in [6.45, 7) is 9.63. The van der Waals surface area contributed by atoms with Crippen LogP contribution >= 0.6 is 0 Å². The Morgan fingerprint density at radius 1 is 1.23 bits per heavy atom. The van der Waals surface area contributed by atoms with Crippen LogP contribution in [0.4, 0.5) is 5.69 Å². The van der Waals surface area contributed by atoms with Gasteiger partial charge < -0.3 is 19.9 Å². The molecule has 1 heterocycles. The number of pyridine rings is 1. The molecule has 0 saturated carbocycles. The van der Waals surface area contributed by atoms with Gasteiger partial charge in [-0.05, 0) is 63.4 Å². The fraction of sp³-hybridized carbons (Fsp3) is 0.400. The number of nitrogens with zero attached hydrogens (tertiary/aromatic N) is 1. The molecule has 0 radical (unpaired) electrons. The summed E-state index contributed by atoms with van der Waals surface area (Å²) in [5.74, 6) is 0.310. The highest BCUT2D eigenvalue weighted by molar-refractivity contribution is 5.97. The van der Waals surface area contributed by atoms with Crippen LogP contribution in [0.2, 0.25) is 0 Å². The number of anilines is 1. The Morgan fingerprint density at radius 3 is 2.35 bits per heavy atom. The van der Waals surface area contributed by atoms with Gasteiger partial charge in [0.05, 0.1) is 12.8 Å². The molecule has 0 saturated heterocycles. The minimum absolute atomic E-state index is 0.0329. The van der Waals surface area contributed by atoms with Crippen molar-refractivity contribution in [2.24, 2.45) is 0 Å². The van der Waals surface area contributed by atoms with Crippen LogP contribution in [-0.4, -0.2) is 29.2 Å². The van der Waals surface area contributed by atoms with Crippen molar-refractivity contribution in [1.82, 2.24) is 4.98 Å². The number of rotatable bonds is 7. The molecule has 2 N–H and O–H groups in total. The molecule has 26 heavy (non-hydrogen) atoms. The molecule has 2 aromatic rings. The summed E-state index contributed by atoms with van der Waals surface area (Å²) in [5.41, 5.74) is 2.92. The molecule has 6 nitrogen and oxygen atoms in total. The first-order valence-corrected chi connectivity index (χ1v) is 8.61. The van der Waals surface area contributed by atoms with Gasteiger partial charge in [0.25, 0.3) is 0 Å². The standard InChI is InChI=1S/C20H26N2O4/c1-7-13(4)21-16-10-14(5)22-19(17(16)20(23)24)26-18-11(2)8-15(25-6)9-12(18)3/h8-10,13H,7H2,1-6H3,(H,21,22)(H,23,24). The summed E-state index contributed by atoms with van der Waals surface area (Å²) in [7, 11) is 1.60. The fourth-order valence-corrected chi connectivity index (χ4v) is 2.69. The van der Waals surface area contributed by atoms with E-state index in [2.05, 4.69) is 10.3 Å². The molecule has 140 valence electrons. The Balaban J connectivity index is 2.54.